The number of hydrogen-bond donors (Lipinski definition) is 3. The molecule has 3 aromatic rings. The zero-order valence-corrected chi connectivity index (χ0v) is 23.6. The third-order valence-corrected chi connectivity index (χ3v) is 4.78. The van der Waals surface area contributed by atoms with Crippen molar-refractivity contribution in [3.8, 4) is 0 Å². The van der Waals surface area contributed by atoms with E-state index in [4.69, 9.17) is 15.2 Å². The maximum absolute atomic E-state index is 13.6. The SMILES string of the molecule is Cc1cc(NC(=O)N(c2cccc(NC(N)=O)n2)c2cc(C)n(C(=O)OC(C)(C)C)n2)nn1C(=O)OC(C)(C)C. The van der Waals surface area contributed by atoms with Crippen molar-refractivity contribution in [3.05, 3.63) is 41.7 Å². The first-order valence-electron chi connectivity index (χ1n) is 12.2. The van der Waals surface area contributed by atoms with Gasteiger partial charge in [0.2, 0.25) is 0 Å². The number of nitrogens with zero attached hydrogens (tertiary/aromatic N) is 6. The molecule has 3 aromatic heterocycles. The number of pyridine rings is 1. The molecule has 0 aliphatic rings. The van der Waals surface area contributed by atoms with Gasteiger partial charge < -0.3 is 15.2 Å². The number of aryl methyl sites for hydroxylation is 2. The largest absolute Gasteiger partial charge is 0.442 e. The molecule has 0 saturated carbocycles. The molecule has 3 heterocycles. The van der Waals surface area contributed by atoms with Gasteiger partial charge in [-0.25, -0.2) is 29.1 Å². The highest BCUT2D eigenvalue weighted by Gasteiger charge is 2.28. The van der Waals surface area contributed by atoms with Crippen LogP contribution in [0.3, 0.4) is 0 Å². The van der Waals surface area contributed by atoms with Crippen molar-refractivity contribution < 1.29 is 28.7 Å². The van der Waals surface area contributed by atoms with Crippen LogP contribution in [0.4, 0.5) is 42.4 Å². The van der Waals surface area contributed by atoms with Gasteiger partial charge in [0.25, 0.3) is 0 Å². The topological polar surface area (TPSA) is 189 Å². The highest BCUT2D eigenvalue weighted by Crippen LogP contribution is 2.26. The van der Waals surface area contributed by atoms with Crippen LogP contribution >= 0.6 is 0 Å². The van der Waals surface area contributed by atoms with Crippen LogP contribution in [0.25, 0.3) is 0 Å². The Labute approximate surface area is 230 Å². The number of carbonyl (C=O) groups excluding carboxylic acids is 4. The fourth-order valence-electron chi connectivity index (χ4n) is 3.32. The Morgan fingerprint density at radius 1 is 0.800 bits per heavy atom. The predicted molar refractivity (Wildman–Crippen MR) is 146 cm³/mol. The Bertz CT molecular complexity index is 1450. The number of nitrogens with two attached hydrogens (primary N) is 1. The molecule has 40 heavy (non-hydrogen) atoms. The first kappa shape index (κ1) is 29.6. The summed E-state index contributed by atoms with van der Waals surface area (Å²) in [6.07, 6.45) is -1.47. The average molecular weight is 556 g/mol. The molecule has 0 fully saturated rings. The van der Waals surface area contributed by atoms with Gasteiger partial charge in [0.1, 0.15) is 22.8 Å². The minimum absolute atomic E-state index is 0.00730. The van der Waals surface area contributed by atoms with Crippen molar-refractivity contribution >= 4 is 47.5 Å². The summed E-state index contributed by atoms with van der Waals surface area (Å²) in [5.41, 5.74) is 4.46. The third-order valence-electron chi connectivity index (χ3n) is 4.78. The zero-order chi connectivity index (χ0) is 30.0. The second-order valence-electron chi connectivity index (χ2n) is 10.7. The Kier molecular flexibility index (Phi) is 8.17. The quantitative estimate of drug-likeness (QED) is 0.416. The van der Waals surface area contributed by atoms with E-state index in [1.165, 1.54) is 30.3 Å². The van der Waals surface area contributed by atoms with Crippen molar-refractivity contribution in [1.29, 1.82) is 0 Å². The van der Waals surface area contributed by atoms with Gasteiger partial charge in [-0.2, -0.15) is 9.36 Å². The number of ether oxygens (including phenoxy) is 2. The molecule has 0 saturated heterocycles. The second-order valence-corrected chi connectivity index (χ2v) is 10.7. The average Bonchev–Trinajstić information content (AvgIpc) is 3.33. The molecule has 0 aliphatic carbocycles. The molecular weight excluding hydrogens is 522 g/mol. The molecule has 0 unspecified atom stereocenters. The van der Waals surface area contributed by atoms with Crippen molar-refractivity contribution in [1.82, 2.24) is 24.5 Å². The van der Waals surface area contributed by atoms with Gasteiger partial charge in [-0.3, -0.25) is 10.6 Å². The normalized spacial score (nSPS) is 11.5. The van der Waals surface area contributed by atoms with Crippen molar-refractivity contribution in [2.75, 3.05) is 15.5 Å². The van der Waals surface area contributed by atoms with Crippen LogP contribution in [0.2, 0.25) is 0 Å². The van der Waals surface area contributed by atoms with Gasteiger partial charge in [-0.1, -0.05) is 6.07 Å². The third kappa shape index (κ3) is 7.55. The first-order chi connectivity index (χ1) is 18.4. The summed E-state index contributed by atoms with van der Waals surface area (Å²) >= 11 is 0. The Morgan fingerprint density at radius 2 is 1.35 bits per heavy atom. The second kappa shape index (κ2) is 11.0. The summed E-state index contributed by atoms with van der Waals surface area (Å²) in [6, 6.07) is 5.80. The highest BCUT2D eigenvalue weighted by atomic mass is 16.6. The lowest BCUT2D eigenvalue weighted by Gasteiger charge is -2.20. The van der Waals surface area contributed by atoms with E-state index >= 15 is 0 Å². The van der Waals surface area contributed by atoms with Crippen molar-refractivity contribution in [2.45, 2.75) is 66.6 Å². The summed E-state index contributed by atoms with van der Waals surface area (Å²) in [7, 11) is 0. The van der Waals surface area contributed by atoms with E-state index in [0.717, 1.165) is 14.3 Å². The number of primary amides is 1. The van der Waals surface area contributed by atoms with E-state index in [0.29, 0.717) is 11.4 Å². The molecule has 3 rings (SSSR count). The molecular formula is C25H33N9O6. The summed E-state index contributed by atoms with van der Waals surface area (Å²) in [6.45, 7) is 13.5. The number of carbonyl (C=O) groups is 4. The van der Waals surface area contributed by atoms with E-state index in [2.05, 4.69) is 25.8 Å². The van der Waals surface area contributed by atoms with Crippen LogP contribution in [0.15, 0.2) is 30.3 Å². The Balaban J connectivity index is 2.01. The number of nitrogens with one attached hydrogen (secondary N) is 2. The first-order valence-corrected chi connectivity index (χ1v) is 12.2. The molecule has 4 N–H and O–H groups in total. The van der Waals surface area contributed by atoms with E-state index in [-0.39, 0.29) is 23.3 Å². The van der Waals surface area contributed by atoms with Gasteiger partial charge in [0.05, 0.1) is 5.69 Å². The fourth-order valence-corrected chi connectivity index (χ4v) is 3.32. The van der Waals surface area contributed by atoms with Crippen LogP contribution in [0.1, 0.15) is 52.9 Å². The minimum atomic E-state index is -0.853. The summed E-state index contributed by atoms with van der Waals surface area (Å²) in [5.74, 6) is 0.137. The molecule has 15 heteroatoms. The van der Waals surface area contributed by atoms with Crippen molar-refractivity contribution in [3.63, 3.8) is 0 Å². The van der Waals surface area contributed by atoms with Crippen LogP contribution in [-0.4, -0.2) is 60.0 Å². The van der Waals surface area contributed by atoms with E-state index in [1.807, 2.05) is 0 Å². The number of anilines is 4. The van der Waals surface area contributed by atoms with E-state index < -0.39 is 35.5 Å². The van der Waals surface area contributed by atoms with Crippen molar-refractivity contribution in [2.24, 2.45) is 5.73 Å². The fraction of sp³-hybridized carbons (Fsp3) is 0.400. The number of urea groups is 2. The standard InChI is InChI=1S/C25H33N9O6/c1-14-12-17(30-33(14)22(37)39-24(3,4)5)29-21(36)32(18-11-9-10-16(27-18)28-20(26)35)19-13-15(2)34(31-19)23(38)40-25(6,7)8/h9-13H,1-8H3,(H,29,30,36)(H3,26,27,28,35). The lowest BCUT2D eigenvalue weighted by Crippen LogP contribution is -2.33. The summed E-state index contributed by atoms with van der Waals surface area (Å²) < 4.78 is 12.8. The van der Waals surface area contributed by atoms with Crippen LogP contribution in [0.5, 0.6) is 0 Å². The number of hydrogen-bond acceptors (Lipinski definition) is 9. The monoisotopic (exact) mass is 555 g/mol. The number of rotatable bonds is 4. The van der Waals surface area contributed by atoms with Gasteiger partial charge in [0, 0.05) is 17.8 Å². The maximum atomic E-state index is 13.6. The predicted octanol–water partition coefficient (Wildman–Crippen LogP) is 4.52. The summed E-state index contributed by atoms with van der Waals surface area (Å²) in [4.78, 5) is 55.6. The summed E-state index contributed by atoms with van der Waals surface area (Å²) in [5, 5.41) is 13.4. The van der Waals surface area contributed by atoms with Gasteiger partial charge in [0.15, 0.2) is 11.6 Å². The molecule has 0 radical (unpaired) electrons. The van der Waals surface area contributed by atoms with Crippen LogP contribution < -0.4 is 21.3 Å². The Morgan fingerprint density at radius 3 is 1.90 bits per heavy atom. The highest BCUT2D eigenvalue weighted by molar-refractivity contribution is 6.05. The van der Waals surface area contributed by atoms with Gasteiger partial charge in [-0.15, -0.1) is 10.2 Å². The van der Waals surface area contributed by atoms with Gasteiger partial charge >= 0.3 is 24.2 Å². The smallest absolute Gasteiger partial charge is 0.435 e. The molecule has 0 bridgehead atoms. The molecule has 0 aromatic carbocycles. The van der Waals surface area contributed by atoms with E-state index in [1.54, 1.807) is 55.4 Å². The molecule has 4 amide bonds. The van der Waals surface area contributed by atoms with Gasteiger partial charge in [-0.05, 0) is 67.5 Å². The zero-order valence-electron chi connectivity index (χ0n) is 23.6. The number of aromatic nitrogens is 5. The van der Waals surface area contributed by atoms with Crippen LogP contribution in [0, 0.1) is 13.8 Å². The lowest BCUT2D eigenvalue weighted by atomic mass is 10.2. The van der Waals surface area contributed by atoms with E-state index in [9.17, 15) is 19.2 Å². The molecule has 15 nitrogen and oxygen atoms in total. The van der Waals surface area contributed by atoms with Crippen LogP contribution in [-0.2, 0) is 9.47 Å². The molecule has 0 aliphatic heterocycles. The maximum Gasteiger partial charge on any atom is 0.435 e. The molecule has 0 spiro atoms. The molecule has 0 atom stereocenters. The Hall–Kier alpha value is -4.95. The number of amides is 4. The lowest BCUT2D eigenvalue weighted by molar-refractivity contribution is 0.0500. The minimum Gasteiger partial charge on any atom is -0.442 e. The molecule has 214 valence electrons.